The first-order chi connectivity index (χ1) is 7.13. The number of rotatable bonds is 5. The largest absolute Gasteiger partial charge is 0.490 e. The van der Waals surface area contributed by atoms with Gasteiger partial charge in [-0.15, -0.1) is 0 Å². The van der Waals surface area contributed by atoms with E-state index in [-0.39, 0.29) is 0 Å². The Labute approximate surface area is 89.4 Å². The lowest BCUT2D eigenvalue weighted by Crippen LogP contribution is -2.30. The van der Waals surface area contributed by atoms with Crippen LogP contribution in [-0.2, 0) is 0 Å². The van der Waals surface area contributed by atoms with Crippen molar-refractivity contribution in [2.75, 3.05) is 6.61 Å². The van der Waals surface area contributed by atoms with E-state index in [1.165, 1.54) is 12.4 Å². The van der Waals surface area contributed by atoms with Gasteiger partial charge in [0.2, 0.25) is 0 Å². The number of nitrogens with zero attached hydrogens (tertiary/aromatic N) is 1. The predicted molar refractivity (Wildman–Crippen MR) is 59.0 cm³/mol. The maximum Gasteiger partial charge on any atom is 0.490 e. The van der Waals surface area contributed by atoms with Gasteiger partial charge in [0.25, 0.3) is 0 Å². The van der Waals surface area contributed by atoms with E-state index >= 15 is 0 Å². The molecular weight excluding hydrogens is 193 g/mol. The Morgan fingerprint density at radius 3 is 2.87 bits per heavy atom. The van der Waals surface area contributed by atoms with Crippen LogP contribution in [0.5, 0.6) is 5.75 Å². The van der Waals surface area contributed by atoms with Gasteiger partial charge in [-0.05, 0) is 18.1 Å². The molecule has 0 atom stereocenters. The second kappa shape index (κ2) is 5.53. The first-order valence-corrected chi connectivity index (χ1v) is 4.74. The first-order valence-electron chi connectivity index (χ1n) is 4.74. The van der Waals surface area contributed by atoms with Crippen LogP contribution in [0.1, 0.15) is 13.3 Å². The summed E-state index contributed by atoms with van der Waals surface area (Å²) in [6, 6.07) is 1.54. The molecule has 0 fully saturated rings. The molecule has 0 saturated heterocycles. The number of ether oxygens (including phenoxy) is 1. The summed E-state index contributed by atoms with van der Waals surface area (Å²) >= 11 is 0. The molecule has 0 aliphatic carbocycles. The van der Waals surface area contributed by atoms with E-state index in [4.69, 9.17) is 14.8 Å². The third kappa shape index (κ3) is 3.73. The highest BCUT2D eigenvalue weighted by atomic mass is 16.5. The van der Waals surface area contributed by atoms with Crippen LogP contribution < -0.4 is 10.2 Å². The molecule has 1 rings (SSSR count). The zero-order valence-corrected chi connectivity index (χ0v) is 8.68. The number of pyridine rings is 1. The molecule has 1 aromatic heterocycles. The highest BCUT2D eigenvalue weighted by Gasteiger charge is 2.11. The Balaban J connectivity index is 2.61. The van der Waals surface area contributed by atoms with E-state index in [9.17, 15) is 0 Å². The average Bonchev–Trinajstić information content (AvgIpc) is 2.26. The molecular formula is C10H14BNO3. The molecule has 2 N–H and O–H groups in total. The van der Waals surface area contributed by atoms with Gasteiger partial charge in [0, 0.05) is 11.7 Å². The number of hydrogen-bond acceptors (Lipinski definition) is 4. The highest BCUT2D eigenvalue weighted by molar-refractivity contribution is 6.58. The topological polar surface area (TPSA) is 62.6 Å². The Morgan fingerprint density at radius 2 is 2.27 bits per heavy atom. The summed E-state index contributed by atoms with van der Waals surface area (Å²) in [5, 5.41) is 17.8. The van der Waals surface area contributed by atoms with Crippen molar-refractivity contribution in [3.05, 3.63) is 30.6 Å². The van der Waals surface area contributed by atoms with Crippen LogP contribution in [0.15, 0.2) is 30.6 Å². The molecule has 1 heterocycles. The van der Waals surface area contributed by atoms with Gasteiger partial charge < -0.3 is 14.8 Å². The lowest BCUT2D eigenvalue weighted by atomic mass is 9.82. The molecule has 0 aliphatic rings. The van der Waals surface area contributed by atoms with Crippen LogP contribution in [0.2, 0.25) is 0 Å². The molecule has 5 heteroatoms. The van der Waals surface area contributed by atoms with E-state index in [2.05, 4.69) is 11.6 Å². The van der Waals surface area contributed by atoms with Crippen LogP contribution in [0.4, 0.5) is 0 Å². The molecule has 0 bridgehead atoms. The zero-order valence-electron chi connectivity index (χ0n) is 8.68. The van der Waals surface area contributed by atoms with Gasteiger partial charge in [-0.25, -0.2) is 0 Å². The molecule has 4 nitrogen and oxygen atoms in total. The molecule has 0 saturated carbocycles. The summed E-state index contributed by atoms with van der Waals surface area (Å²) in [5.74, 6) is 0.509. The third-order valence-electron chi connectivity index (χ3n) is 1.98. The average molecular weight is 207 g/mol. The van der Waals surface area contributed by atoms with Crippen molar-refractivity contribution in [2.24, 2.45) is 0 Å². The van der Waals surface area contributed by atoms with Crippen molar-refractivity contribution in [1.29, 1.82) is 0 Å². The fourth-order valence-corrected chi connectivity index (χ4v) is 0.943. The van der Waals surface area contributed by atoms with E-state index < -0.39 is 7.12 Å². The van der Waals surface area contributed by atoms with Gasteiger partial charge in [0.05, 0.1) is 6.20 Å². The zero-order chi connectivity index (χ0) is 11.3. The van der Waals surface area contributed by atoms with E-state index in [0.717, 1.165) is 12.0 Å². The Hall–Kier alpha value is -1.33. The predicted octanol–water partition coefficient (Wildman–Crippen LogP) is 0.106. The number of aromatic nitrogens is 1. The molecule has 0 amide bonds. The SMILES string of the molecule is C=C(CC)COc1cncc(B(O)O)c1. The van der Waals surface area contributed by atoms with Gasteiger partial charge in [-0.1, -0.05) is 13.5 Å². The van der Waals surface area contributed by atoms with Gasteiger partial charge in [-0.2, -0.15) is 0 Å². The van der Waals surface area contributed by atoms with Crippen LogP contribution in [0, 0.1) is 0 Å². The molecule has 0 unspecified atom stereocenters. The fourth-order valence-electron chi connectivity index (χ4n) is 0.943. The molecule has 15 heavy (non-hydrogen) atoms. The normalized spacial score (nSPS) is 9.80. The summed E-state index contributed by atoms with van der Waals surface area (Å²) in [5.41, 5.74) is 1.29. The van der Waals surface area contributed by atoms with Crippen LogP contribution >= 0.6 is 0 Å². The van der Waals surface area contributed by atoms with Crippen LogP contribution in [-0.4, -0.2) is 28.8 Å². The van der Waals surface area contributed by atoms with E-state index in [0.29, 0.717) is 17.8 Å². The molecule has 0 spiro atoms. The Bertz CT molecular complexity index is 341. The second-order valence-corrected chi connectivity index (χ2v) is 3.22. The fraction of sp³-hybridized carbons (Fsp3) is 0.300. The summed E-state index contributed by atoms with van der Waals surface area (Å²) in [6.45, 7) is 6.22. The summed E-state index contributed by atoms with van der Waals surface area (Å²) < 4.78 is 5.37. The van der Waals surface area contributed by atoms with Crippen molar-refractivity contribution in [3.8, 4) is 5.75 Å². The summed E-state index contributed by atoms with van der Waals surface area (Å²) in [4.78, 5) is 3.83. The van der Waals surface area contributed by atoms with Gasteiger partial charge in [0.15, 0.2) is 0 Å². The standard InChI is InChI=1S/C10H14BNO3/c1-3-8(2)7-15-10-4-9(11(13)14)5-12-6-10/h4-6,13-14H,2-3,7H2,1H3. The van der Waals surface area contributed by atoms with E-state index in [1.807, 2.05) is 6.92 Å². The van der Waals surface area contributed by atoms with Crippen molar-refractivity contribution < 1.29 is 14.8 Å². The third-order valence-corrected chi connectivity index (χ3v) is 1.98. The maximum absolute atomic E-state index is 8.91. The molecule has 0 aliphatic heterocycles. The number of hydrogen-bond donors (Lipinski definition) is 2. The highest BCUT2D eigenvalue weighted by Crippen LogP contribution is 2.07. The molecule has 0 radical (unpaired) electrons. The lowest BCUT2D eigenvalue weighted by molar-refractivity contribution is 0.347. The van der Waals surface area contributed by atoms with E-state index in [1.54, 1.807) is 6.07 Å². The molecule has 80 valence electrons. The lowest BCUT2D eigenvalue weighted by Gasteiger charge is -2.07. The maximum atomic E-state index is 8.91. The molecule has 0 aromatic carbocycles. The van der Waals surface area contributed by atoms with Crippen molar-refractivity contribution in [3.63, 3.8) is 0 Å². The Kier molecular flexibility index (Phi) is 4.33. The minimum Gasteiger partial charge on any atom is -0.488 e. The van der Waals surface area contributed by atoms with Gasteiger partial charge >= 0.3 is 7.12 Å². The van der Waals surface area contributed by atoms with Crippen LogP contribution in [0.25, 0.3) is 0 Å². The van der Waals surface area contributed by atoms with Gasteiger partial charge in [0.1, 0.15) is 12.4 Å². The summed E-state index contributed by atoms with van der Waals surface area (Å²) in [7, 11) is -1.52. The quantitative estimate of drug-likeness (QED) is 0.531. The van der Waals surface area contributed by atoms with Crippen molar-refractivity contribution >= 4 is 12.6 Å². The minimum atomic E-state index is -1.52. The first kappa shape index (κ1) is 11.7. The van der Waals surface area contributed by atoms with Crippen LogP contribution in [0.3, 0.4) is 0 Å². The Morgan fingerprint density at radius 1 is 1.53 bits per heavy atom. The van der Waals surface area contributed by atoms with Gasteiger partial charge in [-0.3, -0.25) is 4.98 Å². The van der Waals surface area contributed by atoms with Crippen molar-refractivity contribution in [2.45, 2.75) is 13.3 Å². The molecule has 1 aromatic rings. The van der Waals surface area contributed by atoms with Crippen molar-refractivity contribution in [1.82, 2.24) is 4.98 Å². The summed E-state index contributed by atoms with van der Waals surface area (Å²) in [6.07, 6.45) is 3.76. The second-order valence-electron chi connectivity index (χ2n) is 3.22. The smallest absolute Gasteiger partial charge is 0.488 e. The monoisotopic (exact) mass is 207 g/mol. The minimum absolute atomic E-state index is 0.314.